The first-order valence-electron chi connectivity index (χ1n) is 5.18. The Morgan fingerprint density at radius 2 is 2.35 bits per heavy atom. The van der Waals surface area contributed by atoms with Crippen LogP contribution in [0.3, 0.4) is 0 Å². The number of nitrogens with two attached hydrogens (primary N) is 1. The van der Waals surface area contributed by atoms with Gasteiger partial charge in [-0.05, 0) is 6.92 Å². The molecular formula is C10H15ClN4OS. The van der Waals surface area contributed by atoms with Crippen LogP contribution in [0.25, 0.3) is 0 Å². The molecule has 0 aliphatic carbocycles. The molecule has 0 saturated heterocycles. The number of nitrogens with zero attached hydrogens (tertiary/aromatic N) is 3. The number of thiocarbonyl (C=S) groups is 1. The van der Waals surface area contributed by atoms with Crippen LogP contribution < -0.4 is 15.4 Å². The summed E-state index contributed by atoms with van der Waals surface area (Å²) >= 11 is 10.9. The summed E-state index contributed by atoms with van der Waals surface area (Å²) in [6, 6.07) is 0.290. The van der Waals surface area contributed by atoms with E-state index in [2.05, 4.69) is 9.97 Å². The molecule has 0 fully saturated rings. The van der Waals surface area contributed by atoms with Crippen LogP contribution in [0.5, 0.6) is 6.01 Å². The molecule has 0 spiro atoms. The SMILES string of the molecule is CCN(CCC(N)=S)c1nc(OC)ncc1Cl. The number of rotatable bonds is 6. The first-order chi connectivity index (χ1) is 8.08. The number of anilines is 1. The van der Waals surface area contributed by atoms with E-state index in [-0.39, 0.29) is 6.01 Å². The van der Waals surface area contributed by atoms with Gasteiger partial charge in [0, 0.05) is 19.5 Å². The van der Waals surface area contributed by atoms with Crippen molar-refractivity contribution in [2.75, 3.05) is 25.1 Å². The molecule has 0 unspecified atom stereocenters. The molecule has 1 rings (SSSR count). The molecule has 5 nitrogen and oxygen atoms in total. The van der Waals surface area contributed by atoms with E-state index in [4.69, 9.17) is 34.3 Å². The molecule has 1 aromatic heterocycles. The highest BCUT2D eigenvalue weighted by atomic mass is 35.5. The van der Waals surface area contributed by atoms with E-state index in [1.165, 1.54) is 13.3 Å². The molecule has 7 heteroatoms. The predicted octanol–water partition coefficient (Wildman–Crippen LogP) is 1.64. The highest BCUT2D eigenvalue weighted by molar-refractivity contribution is 7.80. The summed E-state index contributed by atoms with van der Waals surface area (Å²) in [6.07, 6.45) is 2.14. The van der Waals surface area contributed by atoms with Gasteiger partial charge in [0.1, 0.15) is 5.02 Å². The Morgan fingerprint density at radius 3 is 2.88 bits per heavy atom. The summed E-state index contributed by atoms with van der Waals surface area (Å²) in [5.41, 5.74) is 5.48. The van der Waals surface area contributed by atoms with Gasteiger partial charge in [0.25, 0.3) is 0 Å². The van der Waals surface area contributed by atoms with Crippen molar-refractivity contribution >= 4 is 34.6 Å². The molecule has 0 aromatic carbocycles. The molecule has 0 saturated carbocycles. The van der Waals surface area contributed by atoms with Gasteiger partial charge >= 0.3 is 6.01 Å². The smallest absolute Gasteiger partial charge is 0.318 e. The predicted molar refractivity (Wildman–Crippen MR) is 72.9 cm³/mol. The molecule has 0 bridgehead atoms. The average molecular weight is 275 g/mol. The second kappa shape index (κ2) is 6.56. The van der Waals surface area contributed by atoms with Crippen LogP contribution in [-0.4, -0.2) is 35.2 Å². The van der Waals surface area contributed by atoms with E-state index < -0.39 is 0 Å². The summed E-state index contributed by atoms with van der Waals surface area (Å²) in [5.74, 6) is 0.636. The summed E-state index contributed by atoms with van der Waals surface area (Å²) in [7, 11) is 1.51. The molecule has 0 aliphatic rings. The zero-order valence-electron chi connectivity index (χ0n) is 9.81. The lowest BCUT2D eigenvalue weighted by Gasteiger charge is -2.22. The summed E-state index contributed by atoms with van der Waals surface area (Å²) in [6.45, 7) is 3.43. The van der Waals surface area contributed by atoms with Gasteiger partial charge in [0.2, 0.25) is 0 Å². The minimum atomic E-state index is 0.290. The Kier molecular flexibility index (Phi) is 5.37. The molecule has 2 N–H and O–H groups in total. The number of ether oxygens (including phenoxy) is 1. The lowest BCUT2D eigenvalue weighted by molar-refractivity contribution is 0.379. The van der Waals surface area contributed by atoms with Crippen LogP contribution in [0.15, 0.2) is 6.20 Å². The lowest BCUT2D eigenvalue weighted by atomic mass is 10.3. The Hall–Kier alpha value is -1.14. The summed E-state index contributed by atoms with van der Waals surface area (Å²) in [5, 5.41) is 0.482. The Balaban J connectivity index is 2.89. The lowest BCUT2D eigenvalue weighted by Crippen LogP contribution is -2.28. The van der Waals surface area contributed by atoms with Crippen LogP contribution in [0.2, 0.25) is 5.02 Å². The molecule has 94 valence electrons. The minimum Gasteiger partial charge on any atom is -0.467 e. The zero-order chi connectivity index (χ0) is 12.8. The largest absolute Gasteiger partial charge is 0.467 e. The van der Waals surface area contributed by atoms with Crippen molar-refractivity contribution in [1.82, 2.24) is 9.97 Å². The van der Waals surface area contributed by atoms with Crippen molar-refractivity contribution in [3.05, 3.63) is 11.2 Å². The maximum absolute atomic E-state index is 6.06. The first-order valence-corrected chi connectivity index (χ1v) is 5.96. The molecule has 1 heterocycles. The Morgan fingerprint density at radius 1 is 1.65 bits per heavy atom. The third kappa shape index (κ3) is 3.98. The fourth-order valence-corrected chi connectivity index (χ4v) is 1.62. The second-order valence-corrected chi connectivity index (χ2v) is 4.26. The number of aromatic nitrogens is 2. The van der Waals surface area contributed by atoms with Crippen LogP contribution in [-0.2, 0) is 0 Å². The molecule has 0 amide bonds. The Labute approximate surface area is 111 Å². The van der Waals surface area contributed by atoms with Crippen LogP contribution in [0, 0.1) is 0 Å². The molecule has 0 aliphatic heterocycles. The van der Waals surface area contributed by atoms with Gasteiger partial charge in [0.05, 0.1) is 18.3 Å². The third-order valence-electron chi connectivity index (χ3n) is 2.20. The first kappa shape index (κ1) is 13.9. The third-order valence-corrected chi connectivity index (χ3v) is 2.67. The van der Waals surface area contributed by atoms with E-state index in [9.17, 15) is 0 Å². The van der Waals surface area contributed by atoms with E-state index >= 15 is 0 Å². The van der Waals surface area contributed by atoms with Gasteiger partial charge in [-0.1, -0.05) is 23.8 Å². The summed E-state index contributed by atoms with van der Waals surface area (Å²) in [4.78, 5) is 10.6. The van der Waals surface area contributed by atoms with Gasteiger partial charge in [-0.3, -0.25) is 0 Å². The van der Waals surface area contributed by atoms with Crippen molar-refractivity contribution in [2.45, 2.75) is 13.3 Å². The number of methoxy groups -OCH3 is 1. The van der Waals surface area contributed by atoms with Crippen molar-refractivity contribution in [3.63, 3.8) is 0 Å². The quantitative estimate of drug-likeness (QED) is 0.796. The van der Waals surface area contributed by atoms with Gasteiger partial charge in [-0.25, -0.2) is 4.98 Å². The van der Waals surface area contributed by atoms with E-state index in [1.807, 2.05) is 11.8 Å². The number of hydrogen-bond donors (Lipinski definition) is 1. The average Bonchev–Trinajstić information content (AvgIpc) is 2.31. The molecule has 1 aromatic rings. The molecule has 0 atom stereocenters. The second-order valence-electron chi connectivity index (χ2n) is 3.32. The molecular weight excluding hydrogens is 260 g/mol. The minimum absolute atomic E-state index is 0.290. The monoisotopic (exact) mass is 274 g/mol. The van der Waals surface area contributed by atoms with Crippen molar-refractivity contribution in [2.24, 2.45) is 5.73 Å². The molecule has 17 heavy (non-hydrogen) atoms. The maximum Gasteiger partial charge on any atom is 0.318 e. The fourth-order valence-electron chi connectivity index (χ4n) is 1.32. The van der Waals surface area contributed by atoms with Gasteiger partial charge in [0.15, 0.2) is 5.82 Å². The van der Waals surface area contributed by atoms with Gasteiger partial charge in [-0.15, -0.1) is 0 Å². The van der Waals surface area contributed by atoms with E-state index in [0.29, 0.717) is 28.8 Å². The van der Waals surface area contributed by atoms with Crippen molar-refractivity contribution in [1.29, 1.82) is 0 Å². The molecule has 0 radical (unpaired) electrons. The van der Waals surface area contributed by atoms with E-state index in [0.717, 1.165) is 6.54 Å². The Bertz CT molecular complexity index is 402. The number of hydrogen-bond acceptors (Lipinski definition) is 5. The van der Waals surface area contributed by atoms with Gasteiger partial charge in [-0.2, -0.15) is 4.98 Å². The highest BCUT2D eigenvalue weighted by Gasteiger charge is 2.12. The topological polar surface area (TPSA) is 64.3 Å². The standard InChI is InChI=1S/C10H15ClN4OS/c1-3-15(5-4-8(12)17)9-7(11)6-13-10(14-9)16-2/h6H,3-5H2,1-2H3,(H2,12,17). The summed E-state index contributed by atoms with van der Waals surface area (Å²) < 4.78 is 4.97. The van der Waals surface area contributed by atoms with E-state index in [1.54, 1.807) is 0 Å². The van der Waals surface area contributed by atoms with Crippen LogP contribution in [0.1, 0.15) is 13.3 Å². The van der Waals surface area contributed by atoms with Gasteiger partial charge < -0.3 is 15.4 Å². The number of halogens is 1. The maximum atomic E-state index is 6.06. The van der Waals surface area contributed by atoms with Crippen LogP contribution in [0.4, 0.5) is 5.82 Å². The zero-order valence-corrected chi connectivity index (χ0v) is 11.4. The normalized spacial score (nSPS) is 10.1. The van der Waals surface area contributed by atoms with Crippen LogP contribution >= 0.6 is 23.8 Å². The van der Waals surface area contributed by atoms with Crippen molar-refractivity contribution in [3.8, 4) is 6.01 Å². The van der Waals surface area contributed by atoms with Crippen molar-refractivity contribution < 1.29 is 4.74 Å². The highest BCUT2D eigenvalue weighted by Crippen LogP contribution is 2.24. The fraction of sp³-hybridized carbons (Fsp3) is 0.500.